The number of nitrogens with one attached hydrogen (secondary N) is 2. The topological polar surface area (TPSA) is 48.9 Å². The summed E-state index contributed by atoms with van der Waals surface area (Å²) in [5.41, 5.74) is 1.27. The molecule has 1 aliphatic rings. The molecule has 1 fully saturated rings. The molecule has 1 atom stereocenters. The maximum atomic E-state index is 6.13. The van der Waals surface area contributed by atoms with E-state index in [-0.39, 0.29) is 29.5 Å². The van der Waals surface area contributed by atoms with Gasteiger partial charge in [0.2, 0.25) is 0 Å². The van der Waals surface area contributed by atoms with Gasteiger partial charge in [-0.25, -0.2) is 0 Å². The highest BCUT2D eigenvalue weighted by atomic mass is 127. The van der Waals surface area contributed by atoms with Crippen molar-refractivity contribution >= 4 is 53.3 Å². The summed E-state index contributed by atoms with van der Waals surface area (Å²) in [4.78, 5) is 6.84. The van der Waals surface area contributed by atoms with Crippen LogP contribution in [-0.2, 0) is 4.74 Å². The summed E-state index contributed by atoms with van der Waals surface area (Å²) in [6.45, 7) is 9.71. The van der Waals surface area contributed by atoms with Gasteiger partial charge in [0.1, 0.15) is 0 Å². The van der Waals surface area contributed by atoms with Crippen LogP contribution in [0.15, 0.2) is 29.3 Å². The van der Waals surface area contributed by atoms with Crippen LogP contribution in [0.2, 0.25) is 5.02 Å². The Morgan fingerprint density at radius 1 is 1.33 bits per heavy atom. The van der Waals surface area contributed by atoms with E-state index in [9.17, 15) is 0 Å². The second kappa shape index (κ2) is 12.4. The first-order chi connectivity index (χ1) is 12.5. The lowest BCUT2D eigenvalue weighted by atomic mass is 10.0. The van der Waals surface area contributed by atoms with Crippen LogP contribution in [0, 0.1) is 0 Å². The van der Waals surface area contributed by atoms with E-state index in [4.69, 9.17) is 16.3 Å². The first-order valence-corrected chi connectivity index (χ1v) is 10.7. The van der Waals surface area contributed by atoms with Crippen LogP contribution >= 0.6 is 47.3 Å². The highest BCUT2D eigenvalue weighted by Crippen LogP contribution is 2.27. The van der Waals surface area contributed by atoms with E-state index in [1.165, 1.54) is 5.56 Å². The second-order valence-electron chi connectivity index (χ2n) is 7.00. The van der Waals surface area contributed by atoms with Crippen LogP contribution in [0.5, 0.6) is 0 Å². The quantitative estimate of drug-likeness (QED) is 0.323. The summed E-state index contributed by atoms with van der Waals surface area (Å²) in [6.07, 6.45) is 2.12. The van der Waals surface area contributed by atoms with Crippen molar-refractivity contribution in [2.24, 2.45) is 4.99 Å². The van der Waals surface area contributed by atoms with Gasteiger partial charge in [-0.3, -0.25) is 9.89 Å². The van der Waals surface area contributed by atoms with Crippen LogP contribution in [0.4, 0.5) is 0 Å². The van der Waals surface area contributed by atoms with Crippen LogP contribution in [-0.4, -0.2) is 69.1 Å². The van der Waals surface area contributed by atoms with Crippen molar-refractivity contribution < 1.29 is 4.74 Å². The van der Waals surface area contributed by atoms with Gasteiger partial charge in [-0.05, 0) is 37.8 Å². The molecule has 0 spiro atoms. The lowest BCUT2D eigenvalue weighted by molar-refractivity contribution is -0.00833. The third kappa shape index (κ3) is 7.97. The van der Waals surface area contributed by atoms with Crippen molar-refractivity contribution in [1.29, 1.82) is 0 Å². The molecule has 1 aromatic carbocycles. The summed E-state index contributed by atoms with van der Waals surface area (Å²) in [7, 11) is 1.81. The molecular weight excluding hydrogens is 495 g/mol. The third-order valence-electron chi connectivity index (χ3n) is 4.74. The molecule has 0 radical (unpaired) electrons. The number of guanidine groups is 1. The number of thioether (sulfide) groups is 1. The molecule has 154 valence electrons. The number of rotatable bonds is 7. The Labute approximate surface area is 190 Å². The highest BCUT2D eigenvalue weighted by molar-refractivity contribution is 14.0. The zero-order valence-corrected chi connectivity index (χ0v) is 20.5. The average Bonchev–Trinajstić information content (AvgIpc) is 2.65. The fraction of sp³-hybridized carbons (Fsp3) is 0.632. The molecule has 1 saturated heterocycles. The number of benzene rings is 1. The number of halogens is 2. The Hall–Kier alpha value is -0.220. The summed E-state index contributed by atoms with van der Waals surface area (Å²) >= 11 is 7.93. The van der Waals surface area contributed by atoms with Crippen LogP contribution in [0.1, 0.15) is 24.7 Å². The largest absolute Gasteiger partial charge is 0.379 e. The van der Waals surface area contributed by atoms with Crippen molar-refractivity contribution in [1.82, 2.24) is 15.5 Å². The third-order valence-corrected chi connectivity index (χ3v) is 5.98. The minimum absolute atomic E-state index is 0. The fourth-order valence-electron chi connectivity index (χ4n) is 3.03. The maximum absolute atomic E-state index is 6.13. The summed E-state index contributed by atoms with van der Waals surface area (Å²) in [6, 6.07) is 8.05. The van der Waals surface area contributed by atoms with Gasteiger partial charge in [0.05, 0.1) is 13.2 Å². The first-order valence-electron chi connectivity index (χ1n) is 9.02. The lowest BCUT2D eigenvalue weighted by Crippen LogP contribution is -2.56. The van der Waals surface area contributed by atoms with Crippen molar-refractivity contribution in [3.63, 3.8) is 0 Å². The van der Waals surface area contributed by atoms with E-state index >= 15 is 0 Å². The number of aliphatic imine (C=N–C) groups is 1. The second-order valence-corrected chi connectivity index (χ2v) is 8.47. The predicted molar refractivity (Wildman–Crippen MR) is 129 cm³/mol. The lowest BCUT2D eigenvalue weighted by Gasteiger charge is -2.41. The van der Waals surface area contributed by atoms with E-state index in [1.54, 1.807) is 11.8 Å². The molecule has 27 heavy (non-hydrogen) atoms. The smallest absolute Gasteiger partial charge is 0.191 e. The van der Waals surface area contributed by atoms with Crippen LogP contribution < -0.4 is 10.6 Å². The van der Waals surface area contributed by atoms with Crippen molar-refractivity contribution in [3.8, 4) is 0 Å². The molecule has 0 amide bonds. The Morgan fingerprint density at radius 2 is 2.04 bits per heavy atom. The zero-order valence-electron chi connectivity index (χ0n) is 16.6. The van der Waals surface area contributed by atoms with Gasteiger partial charge < -0.3 is 15.4 Å². The molecule has 1 heterocycles. The average molecular weight is 527 g/mol. The Morgan fingerprint density at radius 3 is 2.63 bits per heavy atom. The highest BCUT2D eigenvalue weighted by Gasteiger charge is 2.28. The molecule has 5 nitrogen and oxygen atoms in total. The van der Waals surface area contributed by atoms with Gasteiger partial charge in [-0.15, -0.1) is 24.0 Å². The van der Waals surface area contributed by atoms with Crippen molar-refractivity contribution in [3.05, 3.63) is 34.9 Å². The number of morpholine rings is 1. The van der Waals surface area contributed by atoms with Gasteiger partial charge in [0.15, 0.2) is 5.96 Å². The minimum atomic E-state index is 0. The van der Waals surface area contributed by atoms with E-state index in [0.717, 1.165) is 50.4 Å². The fourth-order valence-corrected chi connectivity index (χ4v) is 3.90. The van der Waals surface area contributed by atoms with Crippen molar-refractivity contribution in [2.45, 2.75) is 24.6 Å². The summed E-state index contributed by atoms with van der Waals surface area (Å²) in [5.74, 6) is 0.826. The molecule has 0 bridgehead atoms. The SMILES string of the molecule is CN=C(NCC(SC)c1cccc(Cl)c1)NCC(C)(C)N1CCOCC1.I. The number of hydrogen-bond donors (Lipinski definition) is 2. The number of ether oxygens (including phenoxy) is 1. The van der Waals surface area contributed by atoms with Gasteiger partial charge in [-0.2, -0.15) is 11.8 Å². The van der Waals surface area contributed by atoms with Gasteiger partial charge in [0.25, 0.3) is 0 Å². The molecule has 8 heteroatoms. The van der Waals surface area contributed by atoms with E-state index < -0.39 is 0 Å². The van der Waals surface area contributed by atoms with E-state index in [2.05, 4.69) is 46.7 Å². The molecule has 2 rings (SSSR count). The first kappa shape index (κ1) is 24.8. The Balaban J connectivity index is 0.00000364. The van der Waals surface area contributed by atoms with E-state index in [0.29, 0.717) is 5.25 Å². The van der Waals surface area contributed by atoms with Crippen LogP contribution in [0.3, 0.4) is 0 Å². The minimum Gasteiger partial charge on any atom is -0.379 e. The molecular formula is C19H32ClIN4OS. The Bertz CT molecular complexity index is 597. The van der Waals surface area contributed by atoms with Crippen molar-refractivity contribution in [2.75, 3.05) is 52.7 Å². The van der Waals surface area contributed by atoms with Gasteiger partial charge in [-0.1, -0.05) is 23.7 Å². The normalized spacial score (nSPS) is 17.1. The summed E-state index contributed by atoms with van der Waals surface area (Å²) < 4.78 is 5.46. The molecule has 0 aromatic heterocycles. The molecule has 1 unspecified atom stereocenters. The zero-order chi connectivity index (χ0) is 19.0. The molecule has 0 aliphatic carbocycles. The van der Waals surface area contributed by atoms with E-state index in [1.807, 2.05) is 25.2 Å². The molecule has 1 aromatic rings. The molecule has 1 aliphatic heterocycles. The maximum Gasteiger partial charge on any atom is 0.191 e. The Kier molecular flexibility index (Phi) is 11.4. The molecule has 2 N–H and O–H groups in total. The van der Waals surface area contributed by atoms with Crippen LogP contribution in [0.25, 0.3) is 0 Å². The summed E-state index contributed by atoms with van der Waals surface area (Å²) in [5, 5.41) is 8.01. The number of nitrogens with zero attached hydrogens (tertiary/aromatic N) is 2. The molecule has 0 saturated carbocycles. The predicted octanol–water partition coefficient (Wildman–Crippen LogP) is 3.64. The van der Waals surface area contributed by atoms with Gasteiger partial charge >= 0.3 is 0 Å². The van der Waals surface area contributed by atoms with Gasteiger partial charge in [0, 0.05) is 49.0 Å². The number of hydrogen-bond acceptors (Lipinski definition) is 4. The monoisotopic (exact) mass is 526 g/mol. The standard InChI is InChI=1S/C19H31ClN4OS.HI/c1-19(2,24-8-10-25-11-9-24)14-23-18(21-3)22-13-17(26-4)15-6-5-7-16(20)12-15;/h5-7,12,17H,8-11,13-14H2,1-4H3,(H2,21,22,23);1H.